The van der Waals surface area contributed by atoms with Gasteiger partial charge in [-0.2, -0.15) is 0 Å². The first-order valence-corrected chi connectivity index (χ1v) is 9.37. The molecule has 0 saturated carbocycles. The summed E-state index contributed by atoms with van der Waals surface area (Å²) in [5.41, 5.74) is 3.09. The third kappa shape index (κ3) is 3.33. The number of carbonyl (C=O) groups excluding carboxylic acids is 1. The molecule has 0 aliphatic carbocycles. The van der Waals surface area contributed by atoms with Crippen LogP contribution in [0.1, 0.15) is 18.1 Å². The van der Waals surface area contributed by atoms with E-state index in [1.807, 2.05) is 42.5 Å². The van der Waals surface area contributed by atoms with Crippen molar-refractivity contribution in [3.63, 3.8) is 0 Å². The Hall–Kier alpha value is -3.28. The first-order chi connectivity index (χ1) is 13.6. The third-order valence-electron chi connectivity index (χ3n) is 5.06. The fourth-order valence-electron chi connectivity index (χ4n) is 3.58. The summed E-state index contributed by atoms with van der Waals surface area (Å²) >= 11 is 0. The Labute approximate surface area is 162 Å². The molecule has 6 heteroatoms. The Balaban J connectivity index is 1.75. The van der Waals surface area contributed by atoms with Gasteiger partial charge in [-0.3, -0.25) is 4.79 Å². The molecule has 2 aromatic carbocycles. The number of nitrogens with zero attached hydrogens (tertiary/aromatic N) is 1. The van der Waals surface area contributed by atoms with E-state index in [0.29, 0.717) is 24.4 Å². The van der Waals surface area contributed by atoms with Crippen molar-refractivity contribution in [3.05, 3.63) is 70.1 Å². The lowest BCUT2D eigenvalue weighted by Crippen LogP contribution is -2.48. The Kier molecular flexibility index (Phi) is 4.77. The normalized spacial score (nSPS) is 15.8. The fraction of sp³-hybridized carbons (Fsp3) is 0.273. The van der Waals surface area contributed by atoms with E-state index in [2.05, 4.69) is 17.1 Å². The maximum absolute atomic E-state index is 12.2. The van der Waals surface area contributed by atoms with Gasteiger partial charge in [0.1, 0.15) is 11.3 Å². The molecule has 0 fully saturated rings. The number of rotatable bonds is 4. The van der Waals surface area contributed by atoms with Crippen molar-refractivity contribution in [2.75, 3.05) is 18.5 Å². The SMILES string of the molecule is CCc1ccc2c(CN3C[C@H](C(=O)NC)Oc4ccccc43)cc(=O)oc2c1. The van der Waals surface area contributed by atoms with E-state index in [9.17, 15) is 9.59 Å². The maximum Gasteiger partial charge on any atom is 0.336 e. The molecule has 1 aliphatic rings. The lowest BCUT2D eigenvalue weighted by Gasteiger charge is -2.35. The number of hydrogen-bond donors (Lipinski definition) is 1. The van der Waals surface area contributed by atoms with E-state index in [-0.39, 0.29) is 11.5 Å². The molecule has 4 rings (SSSR count). The maximum atomic E-state index is 12.2. The van der Waals surface area contributed by atoms with Crippen LogP contribution in [-0.2, 0) is 17.8 Å². The van der Waals surface area contributed by atoms with Crippen molar-refractivity contribution >= 4 is 22.6 Å². The second-order valence-corrected chi connectivity index (χ2v) is 6.84. The van der Waals surface area contributed by atoms with Gasteiger partial charge in [0.2, 0.25) is 0 Å². The van der Waals surface area contributed by atoms with E-state index in [1.54, 1.807) is 7.05 Å². The molecule has 1 aliphatic heterocycles. The number of benzene rings is 2. The van der Waals surface area contributed by atoms with E-state index < -0.39 is 6.10 Å². The number of ether oxygens (including phenoxy) is 1. The minimum Gasteiger partial charge on any atom is -0.477 e. The number of para-hydroxylation sites is 2. The van der Waals surface area contributed by atoms with Crippen molar-refractivity contribution in [2.24, 2.45) is 0 Å². The van der Waals surface area contributed by atoms with Crippen LogP contribution in [-0.4, -0.2) is 25.6 Å². The largest absolute Gasteiger partial charge is 0.477 e. The Bertz CT molecular complexity index is 1090. The summed E-state index contributed by atoms with van der Waals surface area (Å²) in [6.45, 7) is 2.93. The summed E-state index contributed by atoms with van der Waals surface area (Å²) in [4.78, 5) is 26.4. The summed E-state index contributed by atoms with van der Waals surface area (Å²) in [5, 5.41) is 3.55. The molecule has 1 aromatic heterocycles. The second kappa shape index (κ2) is 7.38. The molecular formula is C22H22N2O4. The highest BCUT2D eigenvalue weighted by Gasteiger charge is 2.30. The molecule has 6 nitrogen and oxygen atoms in total. The molecule has 1 amide bonds. The molecule has 3 aromatic rings. The summed E-state index contributed by atoms with van der Waals surface area (Å²) in [5.74, 6) is 0.479. The number of nitrogens with one attached hydrogen (secondary N) is 1. The smallest absolute Gasteiger partial charge is 0.336 e. The quantitative estimate of drug-likeness (QED) is 0.707. The zero-order chi connectivity index (χ0) is 19.7. The molecule has 0 radical (unpaired) electrons. The van der Waals surface area contributed by atoms with Gasteiger partial charge in [0.25, 0.3) is 5.91 Å². The number of carbonyl (C=O) groups is 1. The Morgan fingerprint density at radius 3 is 2.82 bits per heavy atom. The molecule has 28 heavy (non-hydrogen) atoms. The lowest BCUT2D eigenvalue weighted by molar-refractivity contribution is -0.127. The number of hydrogen-bond acceptors (Lipinski definition) is 5. The highest BCUT2D eigenvalue weighted by atomic mass is 16.5. The van der Waals surface area contributed by atoms with Crippen molar-refractivity contribution in [1.29, 1.82) is 0 Å². The van der Waals surface area contributed by atoms with Gasteiger partial charge in [-0.15, -0.1) is 0 Å². The molecular weight excluding hydrogens is 356 g/mol. The first-order valence-electron chi connectivity index (χ1n) is 9.37. The Morgan fingerprint density at radius 2 is 2.04 bits per heavy atom. The van der Waals surface area contributed by atoms with Crippen LogP contribution in [0, 0.1) is 0 Å². The fourth-order valence-corrected chi connectivity index (χ4v) is 3.58. The predicted octanol–water partition coefficient (Wildman–Crippen LogP) is 2.87. The van der Waals surface area contributed by atoms with Crippen LogP contribution in [0.25, 0.3) is 11.0 Å². The van der Waals surface area contributed by atoms with Gasteiger partial charge in [0.15, 0.2) is 6.10 Å². The number of anilines is 1. The van der Waals surface area contributed by atoms with E-state index in [1.165, 1.54) is 6.07 Å². The monoisotopic (exact) mass is 378 g/mol. The number of aryl methyl sites for hydroxylation is 1. The molecule has 0 bridgehead atoms. The Morgan fingerprint density at radius 1 is 1.21 bits per heavy atom. The standard InChI is InChI=1S/C22H22N2O4/c1-3-14-8-9-16-15(11-21(25)28-19(16)10-14)12-24-13-20(22(26)23-2)27-18-7-5-4-6-17(18)24/h4-11,20H,3,12-13H2,1-2H3,(H,23,26)/t20-/m1/s1. The van der Waals surface area contributed by atoms with Gasteiger partial charge in [-0.05, 0) is 35.7 Å². The third-order valence-corrected chi connectivity index (χ3v) is 5.06. The van der Waals surface area contributed by atoms with Crippen LogP contribution in [0.3, 0.4) is 0 Å². The van der Waals surface area contributed by atoms with Crippen molar-refractivity contribution in [3.8, 4) is 5.75 Å². The first kappa shape index (κ1) is 18.1. The van der Waals surface area contributed by atoms with Crippen LogP contribution in [0.15, 0.2) is 57.7 Å². The summed E-state index contributed by atoms with van der Waals surface area (Å²) in [7, 11) is 1.60. The van der Waals surface area contributed by atoms with Gasteiger partial charge >= 0.3 is 5.63 Å². The average molecular weight is 378 g/mol. The molecule has 0 spiro atoms. The zero-order valence-corrected chi connectivity index (χ0v) is 15.9. The summed E-state index contributed by atoms with van der Waals surface area (Å²) in [6, 6.07) is 15.1. The number of fused-ring (bicyclic) bond motifs is 2. The summed E-state index contributed by atoms with van der Waals surface area (Å²) < 4.78 is 11.3. The van der Waals surface area contributed by atoms with Crippen LogP contribution < -0.4 is 20.6 Å². The van der Waals surface area contributed by atoms with Crippen LogP contribution in [0.4, 0.5) is 5.69 Å². The van der Waals surface area contributed by atoms with Gasteiger partial charge in [0, 0.05) is 25.0 Å². The van der Waals surface area contributed by atoms with E-state index in [0.717, 1.165) is 28.6 Å². The van der Waals surface area contributed by atoms with Crippen LogP contribution >= 0.6 is 0 Å². The van der Waals surface area contributed by atoms with E-state index in [4.69, 9.17) is 9.15 Å². The zero-order valence-electron chi connectivity index (χ0n) is 15.9. The topological polar surface area (TPSA) is 71.8 Å². The van der Waals surface area contributed by atoms with Gasteiger partial charge in [-0.1, -0.05) is 31.2 Å². The predicted molar refractivity (Wildman–Crippen MR) is 108 cm³/mol. The number of likely N-dealkylation sites (N-methyl/N-ethyl adjacent to an activating group) is 1. The second-order valence-electron chi connectivity index (χ2n) is 6.84. The molecule has 2 heterocycles. The number of amides is 1. The van der Waals surface area contributed by atoms with Gasteiger partial charge in [0.05, 0.1) is 12.2 Å². The highest BCUT2D eigenvalue weighted by molar-refractivity contribution is 5.84. The van der Waals surface area contributed by atoms with Gasteiger partial charge < -0.3 is 19.4 Å². The van der Waals surface area contributed by atoms with E-state index >= 15 is 0 Å². The minimum absolute atomic E-state index is 0.176. The van der Waals surface area contributed by atoms with Crippen LogP contribution in [0.5, 0.6) is 5.75 Å². The minimum atomic E-state index is -0.613. The van der Waals surface area contributed by atoms with Crippen molar-refractivity contribution in [1.82, 2.24) is 5.32 Å². The molecule has 0 unspecified atom stereocenters. The van der Waals surface area contributed by atoms with Crippen molar-refractivity contribution < 1.29 is 13.9 Å². The lowest BCUT2D eigenvalue weighted by atomic mass is 10.0. The van der Waals surface area contributed by atoms with Crippen LogP contribution in [0.2, 0.25) is 0 Å². The molecule has 1 atom stereocenters. The average Bonchev–Trinajstić information content (AvgIpc) is 2.72. The van der Waals surface area contributed by atoms with Gasteiger partial charge in [-0.25, -0.2) is 4.79 Å². The summed E-state index contributed by atoms with van der Waals surface area (Å²) in [6.07, 6.45) is 0.257. The molecule has 1 N–H and O–H groups in total. The molecule has 144 valence electrons. The highest BCUT2D eigenvalue weighted by Crippen LogP contribution is 2.34. The van der Waals surface area contributed by atoms with Crippen molar-refractivity contribution in [2.45, 2.75) is 26.0 Å². The molecule has 0 saturated heterocycles.